The van der Waals surface area contributed by atoms with E-state index in [0.29, 0.717) is 0 Å². The molecule has 1 aliphatic rings. The molecule has 1 heterocycles. The Hall–Kier alpha value is -1.52. The van der Waals surface area contributed by atoms with Crippen LogP contribution >= 0.6 is 0 Å². The summed E-state index contributed by atoms with van der Waals surface area (Å²) in [4.78, 5) is 22.7. The van der Waals surface area contributed by atoms with Crippen molar-refractivity contribution in [2.24, 2.45) is 0 Å². The number of hydrogen-bond acceptors (Lipinski definition) is 4. The number of nitrogens with one attached hydrogen (secondary N) is 1. The monoisotopic (exact) mass is 241 g/mol. The van der Waals surface area contributed by atoms with Crippen molar-refractivity contribution in [1.82, 2.24) is 5.32 Å². The van der Waals surface area contributed by atoms with Crippen LogP contribution in [0.4, 0.5) is 4.79 Å². The molecule has 2 atom stereocenters. The lowest BCUT2D eigenvalue weighted by atomic mass is 10.1. The highest BCUT2D eigenvalue weighted by molar-refractivity contribution is 5.90. The molecule has 0 aromatic heterocycles. The number of hydrogen-bond donors (Lipinski definition) is 1. The fourth-order valence-corrected chi connectivity index (χ4v) is 1.41. The van der Waals surface area contributed by atoms with Crippen molar-refractivity contribution in [3.8, 4) is 0 Å². The molecule has 0 saturated heterocycles. The molecular formula is C12H19NO4. The Kier molecular flexibility index (Phi) is 4.15. The second kappa shape index (κ2) is 5.21. The standard InChI is InChI=1S/C12H19NO4/c1-8(10-7-9(14)5-6-16-10)13-11(15)17-12(2,3)4/h5-6,8,10H,7H2,1-4H3,(H,13,15)/t8-,10+/m1/s1. The minimum Gasteiger partial charge on any atom is -0.495 e. The SMILES string of the molecule is C[C@@H](NC(=O)OC(C)(C)C)[C@@H]1CC(=O)C=CO1. The molecule has 0 aromatic carbocycles. The third-order valence-electron chi connectivity index (χ3n) is 2.21. The smallest absolute Gasteiger partial charge is 0.407 e. The molecule has 0 fully saturated rings. The molecule has 1 aliphatic heterocycles. The maximum absolute atomic E-state index is 11.5. The van der Waals surface area contributed by atoms with E-state index in [1.807, 2.05) is 0 Å². The fraction of sp³-hybridized carbons (Fsp3) is 0.667. The Labute approximate surface area is 101 Å². The van der Waals surface area contributed by atoms with Crippen LogP contribution in [0.15, 0.2) is 12.3 Å². The zero-order valence-corrected chi connectivity index (χ0v) is 10.6. The molecule has 0 unspecified atom stereocenters. The number of amides is 1. The van der Waals surface area contributed by atoms with Crippen molar-refractivity contribution in [2.45, 2.75) is 51.9 Å². The highest BCUT2D eigenvalue weighted by Gasteiger charge is 2.26. The molecule has 1 N–H and O–H groups in total. The maximum Gasteiger partial charge on any atom is 0.407 e. The van der Waals surface area contributed by atoms with Gasteiger partial charge in [-0.25, -0.2) is 4.79 Å². The first-order valence-corrected chi connectivity index (χ1v) is 5.62. The lowest BCUT2D eigenvalue weighted by Crippen LogP contribution is -2.45. The Morgan fingerprint density at radius 2 is 2.24 bits per heavy atom. The van der Waals surface area contributed by atoms with Crippen molar-refractivity contribution in [3.63, 3.8) is 0 Å². The molecule has 5 nitrogen and oxygen atoms in total. The minimum absolute atomic E-state index is 0.000844. The van der Waals surface area contributed by atoms with Crippen molar-refractivity contribution in [3.05, 3.63) is 12.3 Å². The molecule has 0 aliphatic carbocycles. The van der Waals surface area contributed by atoms with Gasteiger partial charge in [0.2, 0.25) is 0 Å². The predicted octanol–water partition coefficient (Wildman–Crippen LogP) is 1.77. The van der Waals surface area contributed by atoms with Gasteiger partial charge >= 0.3 is 6.09 Å². The van der Waals surface area contributed by atoms with E-state index in [9.17, 15) is 9.59 Å². The van der Waals surface area contributed by atoms with Crippen LogP contribution in [0.3, 0.4) is 0 Å². The van der Waals surface area contributed by atoms with Crippen LogP contribution in [-0.2, 0) is 14.3 Å². The number of ether oxygens (including phenoxy) is 2. The van der Waals surface area contributed by atoms with Crippen LogP contribution in [0, 0.1) is 0 Å². The zero-order chi connectivity index (χ0) is 13.1. The van der Waals surface area contributed by atoms with Gasteiger partial charge < -0.3 is 14.8 Å². The minimum atomic E-state index is -0.535. The second-order valence-corrected chi connectivity index (χ2v) is 5.08. The van der Waals surface area contributed by atoms with Crippen LogP contribution in [0.25, 0.3) is 0 Å². The highest BCUT2D eigenvalue weighted by Crippen LogP contribution is 2.12. The van der Waals surface area contributed by atoms with Gasteiger partial charge in [0.05, 0.1) is 12.3 Å². The molecule has 0 bridgehead atoms. The van der Waals surface area contributed by atoms with Crippen LogP contribution in [0.5, 0.6) is 0 Å². The number of alkyl carbamates (subject to hydrolysis) is 1. The quantitative estimate of drug-likeness (QED) is 0.800. The second-order valence-electron chi connectivity index (χ2n) is 5.08. The van der Waals surface area contributed by atoms with E-state index in [0.717, 1.165) is 0 Å². The van der Waals surface area contributed by atoms with Crippen LogP contribution in [0.2, 0.25) is 0 Å². The van der Waals surface area contributed by atoms with E-state index < -0.39 is 11.7 Å². The molecule has 0 spiro atoms. The summed E-state index contributed by atoms with van der Waals surface area (Å²) in [6.45, 7) is 7.16. The van der Waals surface area contributed by atoms with Crippen molar-refractivity contribution in [1.29, 1.82) is 0 Å². The summed E-state index contributed by atoms with van der Waals surface area (Å²) in [5.74, 6) is -0.000844. The van der Waals surface area contributed by atoms with Gasteiger partial charge in [0.25, 0.3) is 0 Å². The first kappa shape index (κ1) is 13.5. The number of ketones is 1. The van der Waals surface area contributed by atoms with E-state index in [4.69, 9.17) is 9.47 Å². The molecule has 0 saturated carbocycles. The molecular weight excluding hydrogens is 222 g/mol. The van der Waals surface area contributed by atoms with E-state index >= 15 is 0 Å². The summed E-state index contributed by atoms with van der Waals surface area (Å²) < 4.78 is 10.4. The molecule has 1 amide bonds. The lowest BCUT2D eigenvalue weighted by Gasteiger charge is -2.27. The van der Waals surface area contributed by atoms with E-state index in [1.54, 1.807) is 27.7 Å². The normalized spacial score (nSPS) is 21.6. The van der Waals surface area contributed by atoms with Crippen molar-refractivity contribution < 1.29 is 19.1 Å². The summed E-state index contributed by atoms with van der Waals surface area (Å²) >= 11 is 0. The first-order chi connectivity index (χ1) is 7.78. The average molecular weight is 241 g/mol. The molecule has 0 radical (unpaired) electrons. The molecule has 5 heteroatoms. The highest BCUT2D eigenvalue weighted by atomic mass is 16.6. The van der Waals surface area contributed by atoms with Gasteiger partial charge in [-0.1, -0.05) is 0 Å². The number of rotatable bonds is 2. The zero-order valence-electron chi connectivity index (χ0n) is 10.6. The maximum atomic E-state index is 11.5. The number of carbonyl (C=O) groups excluding carboxylic acids is 2. The number of carbonyl (C=O) groups is 2. The predicted molar refractivity (Wildman–Crippen MR) is 62.5 cm³/mol. The Morgan fingerprint density at radius 1 is 1.59 bits per heavy atom. The molecule has 96 valence electrons. The van der Waals surface area contributed by atoms with E-state index in [1.165, 1.54) is 12.3 Å². The summed E-state index contributed by atoms with van der Waals surface area (Å²) in [5.41, 5.74) is -0.535. The Balaban J connectivity index is 2.44. The molecule has 17 heavy (non-hydrogen) atoms. The van der Waals surface area contributed by atoms with Gasteiger partial charge in [-0.2, -0.15) is 0 Å². The van der Waals surface area contributed by atoms with Crippen molar-refractivity contribution >= 4 is 11.9 Å². The van der Waals surface area contributed by atoms with Gasteiger partial charge in [0, 0.05) is 12.5 Å². The van der Waals surface area contributed by atoms with Gasteiger partial charge in [-0.15, -0.1) is 0 Å². The molecule has 1 rings (SSSR count). The van der Waals surface area contributed by atoms with E-state index in [-0.39, 0.29) is 24.3 Å². The Bertz CT molecular complexity index is 330. The van der Waals surface area contributed by atoms with Crippen LogP contribution < -0.4 is 5.32 Å². The van der Waals surface area contributed by atoms with Gasteiger partial charge in [-0.3, -0.25) is 4.79 Å². The Morgan fingerprint density at radius 3 is 2.76 bits per heavy atom. The summed E-state index contributed by atoms with van der Waals surface area (Å²) in [6.07, 6.45) is 2.18. The largest absolute Gasteiger partial charge is 0.495 e. The topological polar surface area (TPSA) is 64.6 Å². The lowest BCUT2D eigenvalue weighted by molar-refractivity contribution is -0.118. The van der Waals surface area contributed by atoms with Gasteiger partial charge in [-0.05, 0) is 27.7 Å². The first-order valence-electron chi connectivity index (χ1n) is 5.62. The van der Waals surface area contributed by atoms with Gasteiger partial charge in [0.15, 0.2) is 5.78 Å². The number of allylic oxidation sites excluding steroid dienone is 1. The van der Waals surface area contributed by atoms with E-state index in [2.05, 4.69) is 5.32 Å². The van der Waals surface area contributed by atoms with Crippen LogP contribution in [-0.4, -0.2) is 29.6 Å². The third-order valence-corrected chi connectivity index (χ3v) is 2.21. The van der Waals surface area contributed by atoms with Crippen molar-refractivity contribution in [2.75, 3.05) is 0 Å². The third kappa shape index (κ3) is 4.89. The summed E-state index contributed by atoms with van der Waals surface area (Å²) in [6, 6.07) is -0.279. The summed E-state index contributed by atoms with van der Waals surface area (Å²) in [7, 11) is 0. The summed E-state index contributed by atoms with van der Waals surface area (Å²) in [5, 5.41) is 2.65. The molecule has 0 aromatic rings. The van der Waals surface area contributed by atoms with Gasteiger partial charge in [0.1, 0.15) is 11.7 Å². The average Bonchev–Trinajstić information content (AvgIpc) is 2.14. The fourth-order valence-electron chi connectivity index (χ4n) is 1.41. The van der Waals surface area contributed by atoms with Crippen LogP contribution in [0.1, 0.15) is 34.1 Å².